The highest BCUT2D eigenvalue weighted by molar-refractivity contribution is 5.84. The molecule has 0 aliphatic heterocycles. The number of nitrogens with zero attached hydrogens (tertiary/aromatic N) is 1. The number of ether oxygens (including phenoxy) is 1. The van der Waals surface area contributed by atoms with Crippen LogP contribution in [0.5, 0.6) is 5.75 Å². The van der Waals surface area contributed by atoms with E-state index in [1.54, 1.807) is 6.20 Å². The Hall–Kier alpha value is -2.36. The van der Waals surface area contributed by atoms with Crippen LogP contribution in [-0.2, 0) is 4.79 Å². The Morgan fingerprint density at radius 1 is 1.35 bits per heavy atom. The number of benzene rings is 1. The molecular weight excluding hydrogens is 254 g/mol. The van der Waals surface area contributed by atoms with Gasteiger partial charge in [0.1, 0.15) is 17.9 Å². The van der Waals surface area contributed by atoms with Crippen LogP contribution in [0.1, 0.15) is 12.8 Å². The Kier molecular flexibility index (Phi) is 3.37. The molecule has 1 aliphatic rings. The van der Waals surface area contributed by atoms with Gasteiger partial charge in [-0.2, -0.15) is 0 Å². The molecule has 0 radical (unpaired) electrons. The molecule has 0 bridgehead atoms. The molecule has 0 spiro atoms. The van der Waals surface area contributed by atoms with Crippen molar-refractivity contribution in [1.29, 1.82) is 0 Å². The van der Waals surface area contributed by atoms with Gasteiger partial charge in [-0.05, 0) is 36.5 Å². The first kappa shape index (κ1) is 12.7. The van der Waals surface area contributed by atoms with Gasteiger partial charge in [0.25, 0.3) is 0 Å². The van der Waals surface area contributed by atoms with E-state index < -0.39 is 5.97 Å². The predicted octanol–water partition coefficient (Wildman–Crippen LogP) is 3.03. The van der Waals surface area contributed by atoms with Crippen LogP contribution in [0, 0.1) is 5.92 Å². The average molecular weight is 269 g/mol. The Morgan fingerprint density at radius 3 is 2.90 bits per heavy atom. The lowest BCUT2D eigenvalue weighted by atomic mass is 10.1. The first-order chi connectivity index (χ1) is 9.74. The fourth-order valence-electron chi connectivity index (χ4n) is 2.24. The third-order valence-corrected chi connectivity index (χ3v) is 3.40. The maximum atomic E-state index is 10.8. The minimum absolute atomic E-state index is 0.312. The van der Waals surface area contributed by atoms with Crippen molar-refractivity contribution < 1.29 is 14.6 Å². The number of aromatic nitrogens is 1. The number of carboxylic acid groups (broad SMARTS) is 1. The third-order valence-electron chi connectivity index (χ3n) is 3.40. The van der Waals surface area contributed by atoms with Gasteiger partial charge in [0.2, 0.25) is 0 Å². The summed E-state index contributed by atoms with van der Waals surface area (Å²) in [5.41, 5.74) is 1.66. The summed E-state index contributed by atoms with van der Waals surface area (Å²) in [5.74, 6) is 0.153. The maximum absolute atomic E-state index is 10.8. The zero-order valence-electron chi connectivity index (χ0n) is 11.0. The second-order valence-corrected chi connectivity index (χ2v) is 4.95. The topological polar surface area (TPSA) is 59.4 Å². The highest BCUT2D eigenvalue weighted by Crippen LogP contribution is 2.37. The van der Waals surface area contributed by atoms with Crippen molar-refractivity contribution in [1.82, 2.24) is 4.98 Å². The predicted molar refractivity (Wildman–Crippen MR) is 75.7 cm³/mol. The Morgan fingerprint density at radius 2 is 2.15 bits per heavy atom. The molecule has 1 aliphatic carbocycles. The highest BCUT2D eigenvalue weighted by Gasteiger charge is 2.27. The van der Waals surface area contributed by atoms with Crippen LogP contribution in [-0.4, -0.2) is 22.7 Å². The molecule has 3 rings (SSSR count). The van der Waals surface area contributed by atoms with Crippen molar-refractivity contribution in [2.75, 3.05) is 6.61 Å². The lowest BCUT2D eigenvalue weighted by Gasteiger charge is -2.10. The summed E-state index contributed by atoms with van der Waals surface area (Å²) in [6.45, 7) is 0.312. The van der Waals surface area contributed by atoms with E-state index in [1.807, 2.05) is 30.3 Å². The van der Waals surface area contributed by atoms with E-state index in [4.69, 9.17) is 9.84 Å². The monoisotopic (exact) mass is 269 g/mol. The minimum Gasteiger partial charge on any atom is -0.487 e. The van der Waals surface area contributed by atoms with Crippen molar-refractivity contribution >= 4 is 16.9 Å². The zero-order chi connectivity index (χ0) is 13.9. The van der Waals surface area contributed by atoms with Gasteiger partial charge in [-0.1, -0.05) is 18.2 Å². The summed E-state index contributed by atoms with van der Waals surface area (Å²) in [7, 11) is 0. The van der Waals surface area contributed by atoms with Gasteiger partial charge in [0.05, 0.1) is 0 Å². The van der Waals surface area contributed by atoms with E-state index in [2.05, 4.69) is 4.98 Å². The van der Waals surface area contributed by atoms with Crippen molar-refractivity contribution in [3.63, 3.8) is 0 Å². The lowest BCUT2D eigenvalue weighted by Crippen LogP contribution is -2.06. The number of hydrogen-bond donors (Lipinski definition) is 1. The molecule has 2 aromatic rings. The van der Waals surface area contributed by atoms with Gasteiger partial charge >= 0.3 is 5.97 Å². The number of aliphatic carboxylic acids is 1. The molecule has 1 saturated carbocycles. The molecule has 4 heteroatoms. The molecule has 102 valence electrons. The first-order valence-corrected chi connectivity index (χ1v) is 6.64. The van der Waals surface area contributed by atoms with E-state index in [9.17, 15) is 4.79 Å². The molecule has 1 aromatic carbocycles. The quantitative estimate of drug-likeness (QED) is 0.847. The third kappa shape index (κ3) is 2.79. The molecular formula is C16H15NO3. The molecule has 1 fully saturated rings. The van der Waals surface area contributed by atoms with Crippen LogP contribution in [0.4, 0.5) is 0 Å². The van der Waals surface area contributed by atoms with E-state index in [0.29, 0.717) is 18.3 Å². The Bertz CT molecular complexity index is 669. The van der Waals surface area contributed by atoms with Gasteiger partial charge < -0.3 is 9.84 Å². The van der Waals surface area contributed by atoms with Gasteiger partial charge in [-0.25, -0.2) is 4.79 Å². The molecule has 0 saturated heterocycles. The van der Waals surface area contributed by atoms with E-state index in [1.165, 1.54) is 6.08 Å². The van der Waals surface area contributed by atoms with E-state index >= 15 is 0 Å². The molecule has 1 heterocycles. The van der Waals surface area contributed by atoms with Crippen molar-refractivity contribution in [3.8, 4) is 5.75 Å². The molecule has 20 heavy (non-hydrogen) atoms. The van der Waals surface area contributed by atoms with Crippen LogP contribution < -0.4 is 4.74 Å². The number of carboxylic acids is 1. The highest BCUT2D eigenvalue weighted by atomic mass is 16.5. The molecule has 0 unspecified atom stereocenters. The second-order valence-electron chi connectivity index (χ2n) is 4.95. The van der Waals surface area contributed by atoms with Crippen LogP contribution in [0.3, 0.4) is 0 Å². The van der Waals surface area contributed by atoms with Crippen molar-refractivity contribution in [3.05, 3.63) is 48.2 Å². The number of carbonyl (C=O) groups is 1. The Labute approximate surface area is 116 Å². The number of hydrogen-bond acceptors (Lipinski definition) is 3. The SMILES string of the molecule is O=C(O)/C=C(/COc1cccc2cccnc12)C1CC1. The summed E-state index contributed by atoms with van der Waals surface area (Å²) in [6.07, 6.45) is 5.10. The van der Waals surface area contributed by atoms with Gasteiger partial charge in [0, 0.05) is 17.7 Å². The summed E-state index contributed by atoms with van der Waals surface area (Å²) in [5, 5.41) is 9.90. The van der Waals surface area contributed by atoms with Gasteiger partial charge in [-0.3, -0.25) is 4.98 Å². The number of fused-ring (bicyclic) bond motifs is 1. The maximum Gasteiger partial charge on any atom is 0.328 e. The average Bonchev–Trinajstić information content (AvgIpc) is 3.27. The molecule has 4 nitrogen and oxygen atoms in total. The van der Waals surface area contributed by atoms with E-state index in [-0.39, 0.29) is 0 Å². The number of para-hydroxylation sites is 1. The zero-order valence-corrected chi connectivity index (χ0v) is 11.0. The minimum atomic E-state index is -0.911. The van der Waals surface area contributed by atoms with E-state index in [0.717, 1.165) is 29.3 Å². The summed E-state index contributed by atoms with van der Waals surface area (Å²) in [6, 6.07) is 9.61. The summed E-state index contributed by atoms with van der Waals surface area (Å²) in [4.78, 5) is 15.1. The fourth-order valence-corrected chi connectivity index (χ4v) is 2.24. The molecule has 0 atom stereocenters. The number of rotatable bonds is 5. The second kappa shape index (κ2) is 5.33. The van der Waals surface area contributed by atoms with Crippen LogP contribution in [0.15, 0.2) is 48.2 Å². The van der Waals surface area contributed by atoms with Crippen molar-refractivity contribution in [2.45, 2.75) is 12.8 Å². The smallest absolute Gasteiger partial charge is 0.328 e. The first-order valence-electron chi connectivity index (χ1n) is 6.64. The van der Waals surface area contributed by atoms with Crippen LogP contribution in [0.25, 0.3) is 10.9 Å². The summed E-state index contributed by atoms with van der Waals surface area (Å²) < 4.78 is 5.79. The fraction of sp³-hybridized carbons (Fsp3) is 0.250. The number of pyridine rings is 1. The normalized spacial score (nSPS) is 15.3. The van der Waals surface area contributed by atoms with Crippen molar-refractivity contribution in [2.24, 2.45) is 5.92 Å². The molecule has 0 amide bonds. The molecule has 1 aromatic heterocycles. The van der Waals surface area contributed by atoms with Gasteiger partial charge in [0.15, 0.2) is 0 Å². The summed E-state index contributed by atoms with van der Waals surface area (Å²) >= 11 is 0. The van der Waals surface area contributed by atoms with Gasteiger partial charge in [-0.15, -0.1) is 0 Å². The Balaban J connectivity index is 1.81. The van der Waals surface area contributed by atoms with Crippen LogP contribution in [0.2, 0.25) is 0 Å². The van der Waals surface area contributed by atoms with Crippen LogP contribution >= 0.6 is 0 Å². The largest absolute Gasteiger partial charge is 0.487 e. The lowest BCUT2D eigenvalue weighted by molar-refractivity contribution is -0.131. The standard InChI is InChI=1S/C16H15NO3/c18-15(19)9-13(11-6-7-11)10-20-14-5-1-3-12-4-2-8-17-16(12)14/h1-5,8-9,11H,6-7,10H2,(H,18,19)/b13-9-. The molecule has 1 N–H and O–H groups in total.